The van der Waals surface area contributed by atoms with Crippen LogP contribution in [0.15, 0.2) is 36.4 Å². The summed E-state index contributed by atoms with van der Waals surface area (Å²) in [5.74, 6) is 0.440. The topological polar surface area (TPSA) is 84.6 Å². The molecule has 0 saturated heterocycles. The lowest BCUT2D eigenvalue weighted by molar-refractivity contribution is 0.100. The summed E-state index contributed by atoms with van der Waals surface area (Å²) < 4.78 is 5.53. The molecule has 1 unspecified atom stereocenters. The predicted octanol–water partition coefficient (Wildman–Crippen LogP) is 3.15. The van der Waals surface area contributed by atoms with E-state index < -0.39 is 6.10 Å². The van der Waals surface area contributed by atoms with Crippen molar-refractivity contribution >= 4 is 17.2 Å². The summed E-state index contributed by atoms with van der Waals surface area (Å²) in [6.07, 6.45) is 4.38. The molecule has 0 spiro atoms. The molecule has 148 valence electrons. The number of aliphatic hydroxyl groups excluding tert-OH is 1. The number of aryl methyl sites for hydroxylation is 2. The van der Waals surface area contributed by atoms with Gasteiger partial charge in [0.05, 0.1) is 4.88 Å². The summed E-state index contributed by atoms with van der Waals surface area (Å²) in [6, 6.07) is 11.6. The van der Waals surface area contributed by atoms with Gasteiger partial charge in [-0.1, -0.05) is 31.5 Å². The van der Waals surface area contributed by atoms with Crippen molar-refractivity contribution in [3.63, 3.8) is 0 Å². The molecule has 1 aromatic heterocycles. The van der Waals surface area contributed by atoms with Gasteiger partial charge in [0, 0.05) is 11.4 Å². The Bertz CT molecular complexity index is 688. The fourth-order valence-corrected chi connectivity index (χ4v) is 3.90. The number of benzene rings is 1. The van der Waals surface area contributed by atoms with E-state index in [0.717, 1.165) is 50.0 Å². The normalized spacial score (nSPS) is 12.1. The lowest BCUT2D eigenvalue weighted by Gasteiger charge is -2.13. The molecule has 0 fully saturated rings. The average Bonchev–Trinajstić information content (AvgIpc) is 3.08. The van der Waals surface area contributed by atoms with E-state index in [0.29, 0.717) is 11.4 Å². The number of thiophene rings is 1. The van der Waals surface area contributed by atoms with Gasteiger partial charge in [0.2, 0.25) is 0 Å². The van der Waals surface area contributed by atoms with Crippen LogP contribution in [0.5, 0.6) is 5.75 Å². The number of hydrogen-bond donors (Lipinski definition) is 3. The number of unbranched alkanes of at least 4 members (excludes halogenated alkanes) is 1. The zero-order valence-electron chi connectivity index (χ0n) is 15.9. The Hall–Kier alpha value is -1.89. The van der Waals surface area contributed by atoms with Crippen LogP contribution < -0.4 is 15.8 Å². The molecule has 1 amide bonds. The van der Waals surface area contributed by atoms with Gasteiger partial charge in [0.15, 0.2) is 0 Å². The largest absolute Gasteiger partial charge is 0.491 e. The summed E-state index contributed by atoms with van der Waals surface area (Å²) in [4.78, 5) is 13.5. The number of carbonyl (C=O) groups is 1. The minimum Gasteiger partial charge on any atom is -0.491 e. The van der Waals surface area contributed by atoms with Gasteiger partial charge in [-0.05, 0) is 56.0 Å². The SMILES string of the molecule is CCCCc1cc(CCCNCC(O)COc2ccccc2)sc1C(N)=O. The molecule has 4 N–H and O–H groups in total. The molecular formula is C21H30N2O3S. The highest BCUT2D eigenvalue weighted by molar-refractivity contribution is 7.14. The van der Waals surface area contributed by atoms with Crippen LogP contribution >= 0.6 is 11.3 Å². The molecule has 0 radical (unpaired) electrons. The van der Waals surface area contributed by atoms with Crippen LogP contribution in [0.1, 0.15) is 46.3 Å². The van der Waals surface area contributed by atoms with E-state index >= 15 is 0 Å². The molecular weight excluding hydrogens is 360 g/mol. The Morgan fingerprint density at radius 1 is 1.26 bits per heavy atom. The zero-order chi connectivity index (χ0) is 19.5. The van der Waals surface area contributed by atoms with Crippen LogP contribution in [0.4, 0.5) is 0 Å². The van der Waals surface area contributed by atoms with Gasteiger partial charge >= 0.3 is 0 Å². The quantitative estimate of drug-likeness (QED) is 0.459. The van der Waals surface area contributed by atoms with Gasteiger partial charge in [0.25, 0.3) is 5.91 Å². The third kappa shape index (κ3) is 7.71. The summed E-state index contributed by atoms with van der Waals surface area (Å²) in [7, 11) is 0. The lowest BCUT2D eigenvalue weighted by Crippen LogP contribution is -2.32. The van der Waals surface area contributed by atoms with Crippen LogP contribution in [0.3, 0.4) is 0 Å². The average molecular weight is 391 g/mol. The van der Waals surface area contributed by atoms with Crippen molar-refractivity contribution in [2.75, 3.05) is 19.7 Å². The molecule has 2 rings (SSSR count). The van der Waals surface area contributed by atoms with Crippen molar-refractivity contribution in [3.8, 4) is 5.75 Å². The second-order valence-corrected chi connectivity index (χ2v) is 7.76. The molecule has 0 bridgehead atoms. The number of carbonyl (C=O) groups excluding carboxylic acids is 1. The van der Waals surface area contributed by atoms with Crippen LogP contribution in [-0.2, 0) is 12.8 Å². The molecule has 2 aromatic rings. The summed E-state index contributed by atoms with van der Waals surface area (Å²) in [5, 5.41) is 13.2. The zero-order valence-corrected chi connectivity index (χ0v) is 16.8. The van der Waals surface area contributed by atoms with Crippen molar-refractivity contribution in [1.29, 1.82) is 0 Å². The maximum Gasteiger partial charge on any atom is 0.259 e. The predicted molar refractivity (Wildman–Crippen MR) is 111 cm³/mol. The number of hydrogen-bond acceptors (Lipinski definition) is 5. The molecule has 0 aliphatic heterocycles. The van der Waals surface area contributed by atoms with E-state index in [-0.39, 0.29) is 12.5 Å². The highest BCUT2D eigenvalue weighted by Crippen LogP contribution is 2.25. The van der Waals surface area contributed by atoms with E-state index in [1.54, 1.807) is 0 Å². The number of ether oxygens (including phenoxy) is 1. The minimum atomic E-state index is -0.547. The van der Waals surface area contributed by atoms with E-state index in [9.17, 15) is 9.90 Å². The molecule has 27 heavy (non-hydrogen) atoms. The number of nitrogens with one attached hydrogen (secondary N) is 1. The van der Waals surface area contributed by atoms with Gasteiger partial charge in [-0.3, -0.25) is 4.79 Å². The van der Waals surface area contributed by atoms with E-state index in [4.69, 9.17) is 10.5 Å². The Morgan fingerprint density at radius 3 is 2.74 bits per heavy atom. The van der Waals surface area contributed by atoms with Gasteiger partial charge in [-0.25, -0.2) is 0 Å². The Morgan fingerprint density at radius 2 is 2.04 bits per heavy atom. The molecule has 1 atom stereocenters. The third-order valence-corrected chi connectivity index (χ3v) is 5.48. The summed E-state index contributed by atoms with van der Waals surface area (Å²) in [6.45, 7) is 3.70. The molecule has 1 aromatic carbocycles. The Labute approximate surface area is 165 Å². The second-order valence-electron chi connectivity index (χ2n) is 6.62. The smallest absolute Gasteiger partial charge is 0.259 e. The monoisotopic (exact) mass is 390 g/mol. The van der Waals surface area contributed by atoms with Crippen LogP contribution in [-0.4, -0.2) is 36.8 Å². The molecule has 0 saturated carbocycles. The lowest BCUT2D eigenvalue weighted by atomic mass is 10.1. The summed E-state index contributed by atoms with van der Waals surface area (Å²) >= 11 is 1.52. The van der Waals surface area contributed by atoms with Crippen LogP contribution in [0.25, 0.3) is 0 Å². The number of primary amides is 1. The maximum atomic E-state index is 11.6. The van der Waals surface area contributed by atoms with Crippen molar-refractivity contribution in [2.24, 2.45) is 5.73 Å². The molecule has 0 aliphatic rings. The minimum absolute atomic E-state index is 0.269. The van der Waals surface area contributed by atoms with Crippen molar-refractivity contribution in [1.82, 2.24) is 5.32 Å². The van der Waals surface area contributed by atoms with Crippen LogP contribution in [0.2, 0.25) is 0 Å². The van der Waals surface area contributed by atoms with Gasteiger partial charge < -0.3 is 20.9 Å². The number of nitrogens with two attached hydrogens (primary N) is 1. The van der Waals surface area contributed by atoms with E-state index in [2.05, 4.69) is 18.3 Å². The highest BCUT2D eigenvalue weighted by atomic mass is 32.1. The maximum absolute atomic E-state index is 11.6. The number of rotatable bonds is 13. The fourth-order valence-electron chi connectivity index (χ4n) is 2.80. The third-order valence-electron chi connectivity index (χ3n) is 4.23. The Kier molecular flexibility index (Phi) is 9.31. The standard InChI is InChI=1S/C21H30N2O3S/c1-2-3-8-16-13-19(27-20(16)21(22)25)11-7-12-23-14-17(24)15-26-18-9-5-4-6-10-18/h4-6,9-10,13,17,23-24H,2-3,7-8,11-12,14-15H2,1H3,(H2,22,25). The van der Waals surface area contributed by atoms with Crippen LogP contribution in [0, 0.1) is 0 Å². The van der Waals surface area contributed by atoms with Crippen molar-refractivity contribution < 1.29 is 14.6 Å². The first kappa shape index (κ1) is 21.4. The van der Waals surface area contributed by atoms with Gasteiger partial charge in [-0.2, -0.15) is 0 Å². The number of aliphatic hydroxyl groups is 1. The fraction of sp³-hybridized carbons (Fsp3) is 0.476. The van der Waals surface area contributed by atoms with Gasteiger partial charge in [-0.15, -0.1) is 11.3 Å². The highest BCUT2D eigenvalue weighted by Gasteiger charge is 2.13. The molecule has 6 heteroatoms. The first-order chi connectivity index (χ1) is 13.1. The molecule has 1 heterocycles. The summed E-state index contributed by atoms with van der Waals surface area (Å²) in [5.41, 5.74) is 6.59. The number of para-hydroxylation sites is 1. The van der Waals surface area contributed by atoms with E-state index in [1.807, 2.05) is 30.3 Å². The van der Waals surface area contributed by atoms with Crippen molar-refractivity contribution in [2.45, 2.75) is 45.1 Å². The van der Waals surface area contributed by atoms with E-state index in [1.165, 1.54) is 16.2 Å². The first-order valence-electron chi connectivity index (χ1n) is 9.58. The Balaban J connectivity index is 1.65. The van der Waals surface area contributed by atoms with Gasteiger partial charge in [0.1, 0.15) is 18.5 Å². The molecule has 5 nitrogen and oxygen atoms in total. The van der Waals surface area contributed by atoms with Crippen molar-refractivity contribution in [3.05, 3.63) is 51.7 Å². The number of amides is 1. The molecule has 0 aliphatic carbocycles. The first-order valence-corrected chi connectivity index (χ1v) is 10.4. The second kappa shape index (κ2) is 11.7.